The first kappa shape index (κ1) is 24.6. The number of piperidine rings is 2. The Morgan fingerprint density at radius 2 is 1.85 bits per heavy atom. The largest absolute Gasteiger partial charge is 0.355 e. The Bertz CT molecular complexity index is 1480. The molecule has 2 atom stereocenters. The van der Waals surface area contributed by atoms with E-state index >= 15 is 0 Å². The van der Waals surface area contributed by atoms with E-state index in [1.165, 1.54) is 91.9 Å². The molecule has 4 fully saturated rings. The molecule has 208 valence electrons. The van der Waals surface area contributed by atoms with Gasteiger partial charge >= 0.3 is 0 Å². The summed E-state index contributed by atoms with van der Waals surface area (Å²) in [5.41, 5.74) is 5.64. The van der Waals surface area contributed by atoms with Crippen LogP contribution in [0.5, 0.6) is 0 Å². The van der Waals surface area contributed by atoms with Crippen molar-refractivity contribution in [3.8, 4) is 0 Å². The zero-order valence-electron chi connectivity index (χ0n) is 23.3. The van der Waals surface area contributed by atoms with E-state index in [0.717, 1.165) is 23.6 Å². The van der Waals surface area contributed by atoms with Crippen molar-refractivity contribution in [2.45, 2.75) is 95.3 Å². The topological polar surface area (TPSA) is 70.5 Å². The van der Waals surface area contributed by atoms with Gasteiger partial charge < -0.3 is 9.80 Å². The van der Waals surface area contributed by atoms with Gasteiger partial charge in [-0.25, -0.2) is 0 Å². The summed E-state index contributed by atoms with van der Waals surface area (Å²) in [6.45, 7) is 3.12. The summed E-state index contributed by atoms with van der Waals surface area (Å²) in [6.07, 6.45) is 17.3. The van der Waals surface area contributed by atoms with E-state index in [2.05, 4.69) is 62.5 Å². The molecule has 2 saturated heterocycles. The number of benzene rings is 2. The molecule has 0 radical (unpaired) electrons. The number of nitrogens with one attached hydrogen (secondary N) is 1. The Labute approximate surface area is 235 Å². The predicted molar refractivity (Wildman–Crippen MR) is 155 cm³/mol. The van der Waals surface area contributed by atoms with Gasteiger partial charge in [0.15, 0.2) is 0 Å². The summed E-state index contributed by atoms with van der Waals surface area (Å²) in [7, 11) is 0. The number of hydrogen-bond acceptors (Lipinski definition) is 5. The molecular formula is C33H39N5O2. The molecule has 1 unspecified atom stereocenters. The summed E-state index contributed by atoms with van der Waals surface area (Å²) >= 11 is 0. The highest BCUT2D eigenvalue weighted by Gasteiger charge is 2.45. The highest BCUT2D eigenvalue weighted by atomic mass is 16.2. The molecule has 7 nitrogen and oxygen atoms in total. The zero-order valence-corrected chi connectivity index (χ0v) is 23.3. The van der Waals surface area contributed by atoms with Crippen molar-refractivity contribution in [3.05, 3.63) is 59.4 Å². The van der Waals surface area contributed by atoms with Gasteiger partial charge in [-0.15, -0.1) is 0 Å². The Morgan fingerprint density at radius 1 is 0.975 bits per heavy atom. The van der Waals surface area contributed by atoms with E-state index in [0.29, 0.717) is 25.4 Å². The normalized spacial score (nSPS) is 26.6. The maximum atomic E-state index is 12.6. The van der Waals surface area contributed by atoms with Gasteiger partial charge in [-0.2, -0.15) is 5.10 Å². The summed E-state index contributed by atoms with van der Waals surface area (Å²) in [5, 5.41) is 9.87. The Balaban J connectivity index is 0.961. The van der Waals surface area contributed by atoms with E-state index in [9.17, 15) is 9.59 Å². The summed E-state index contributed by atoms with van der Waals surface area (Å²) < 4.78 is 2.24. The molecule has 3 aliphatic heterocycles. The van der Waals surface area contributed by atoms with Gasteiger partial charge in [0, 0.05) is 55.8 Å². The van der Waals surface area contributed by atoms with E-state index in [-0.39, 0.29) is 17.9 Å². The molecule has 8 rings (SSSR count). The summed E-state index contributed by atoms with van der Waals surface area (Å²) in [6, 6.07) is 11.9. The first-order valence-electron chi connectivity index (χ1n) is 15.5. The molecule has 2 aromatic carbocycles. The molecule has 40 heavy (non-hydrogen) atoms. The maximum absolute atomic E-state index is 12.6. The number of nitrogens with zero attached hydrogens (tertiary/aromatic N) is 4. The highest BCUT2D eigenvalue weighted by Crippen LogP contribution is 2.54. The van der Waals surface area contributed by atoms with E-state index in [1.54, 1.807) is 0 Å². The van der Waals surface area contributed by atoms with E-state index in [4.69, 9.17) is 5.10 Å². The third-order valence-corrected chi connectivity index (χ3v) is 11.0. The van der Waals surface area contributed by atoms with Crippen LogP contribution in [0.3, 0.4) is 0 Å². The van der Waals surface area contributed by atoms with Crippen molar-refractivity contribution >= 4 is 28.3 Å². The van der Waals surface area contributed by atoms with Gasteiger partial charge in [-0.1, -0.05) is 30.7 Å². The van der Waals surface area contributed by atoms with Crippen molar-refractivity contribution in [1.82, 2.24) is 20.0 Å². The smallest absolute Gasteiger partial charge is 0.249 e. The van der Waals surface area contributed by atoms with Gasteiger partial charge in [0.1, 0.15) is 6.04 Å². The zero-order chi connectivity index (χ0) is 26.8. The lowest BCUT2D eigenvalue weighted by Gasteiger charge is -2.41. The van der Waals surface area contributed by atoms with Crippen molar-refractivity contribution in [3.63, 3.8) is 0 Å². The van der Waals surface area contributed by atoms with Crippen LogP contribution in [0.15, 0.2) is 42.7 Å². The molecule has 2 saturated carbocycles. The lowest BCUT2D eigenvalue weighted by molar-refractivity contribution is -0.134. The quantitative estimate of drug-likeness (QED) is 0.458. The minimum atomic E-state index is -0.295. The van der Waals surface area contributed by atoms with Crippen LogP contribution in [-0.2, 0) is 22.6 Å². The minimum Gasteiger partial charge on any atom is -0.355 e. The number of likely N-dealkylation sites (tertiary alicyclic amines) is 1. The number of hydrogen-bond donors (Lipinski definition) is 1. The van der Waals surface area contributed by atoms with Crippen molar-refractivity contribution in [1.29, 1.82) is 0 Å². The standard InChI is InChI=1S/C33H39N5O2/c39-30-8-7-29(32(40)35-30)37-21-24-3-1-4-27-23(5-6-28(37)31(24)27)17-22-19-34-38(20-22)25-10-15-36(16-11-25)26-9-14-33(18-26)12-2-13-33/h1,3-6,19-20,25-26,29H,2,7-18,21H2,(H,35,39,40)/t26-,29?/m1/s1. The third-order valence-electron chi connectivity index (χ3n) is 11.0. The van der Waals surface area contributed by atoms with Crippen molar-refractivity contribution in [2.75, 3.05) is 18.0 Å². The minimum absolute atomic E-state index is 0.166. The second-order valence-electron chi connectivity index (χ2n) is 13.2. The molecular weight excluding hydrogens is 498 g/mol. The van der Waals surface area contributed by atoms with E-state index < -0.39 is 0 Å². The molecule has 7 heteroatoms. The lowest BCUT2D eigenvalue weighted by atomic mass is 9.67. The summed E-state index contributed by atoms with van der Waals surface area (Å²) in [5.74, 6) is -0.342. The fourth-order valence-electron chi connectivity index (χ4n) is 8.60. The average Bonchev–Trinajstić information content (AvgIpc) is 3.69. The number of carbonyl (C=O) groups is 2. The fraction of sp³-hybridized carbons (Fsp3) is 0.545. The SMILES string of the molecule is O=C1CCC(N2Cc3cccc4c(Cc5cnn(C6CCN([C@@H]7CCC8(CCC8)C7)CC6)c5)ccc2c34)C(=O)N1. The van der Waals surface area contributed by atoms with Crippen LogP contribution in [0.25, 0.3) is 10.8 Å². The monoisotopic (exact) mass is 537 g/mol. The lowest BCUT2D eigenvalue weighted by Crippen LogP contribution is -2.51. The number of aromatic nitrogens is 2. The van der Waals surface area contributed by atoms with Gasteiger partial charge in [-0.05, 0) is 84.9 Å². The second kappa shape index (κ2) is 9.44. The molecule has 1 aromatic heterocycles. The predicted octanol–water partition coefficient (Wildman–Crippen LogP) is 5.11. The van der Waals surface area contributed by atoms with Crippen LogP contribution in [0.1, 0.15) is 86.9 Å². The molecule has 0 bridgehead atoms. The molecule has 1 spiro atoms. The molecule has 2 amide bonds. The van der Waals surface area contributed by atoms with Gasteiger partial charge in [0.05, 0.1) is 12.2 Å². The number of rotatable bonds is 5. The van der Waals surface area contributed by atoms with Crippen LogP contribution in [0.4, 0.5) is 5.69 Å². The molecule has 5 aliphatic rings. The summed E-state index contributed by atoms with van der Waals surface area (Å²) in [4.78, 5) is 29.3. The number of carbonyl (C=O) groups excluding carboxylic acids is 2. The van der Waals surface area contributed by atoms with E-state index in [1.807, 2.05) is 0 Å². The van der Waals surface area contributed by atoms with Crippen molar-refractivity contribution in [2.24, 2.45) is 5.41 Å². The average molecular weight is 538 g/mol. The molecule has 1 N–H and O–H groups in total. The number of imide groups is 1. The third kappa shape index (κ3) is 4.08. The Morgan fingerprint density at radius 3 is 2.62 bits per heavy atom. The molecule has 4 heterocycles. The van der Waals surface area contributed by atoms with Gasteiger partial charge in [0.25, 0.3) is 0 Å². The Hall–Kier alpha value is -3.19. The maximum Gasteiger partial charge on any atom is 0.249 e. The van der Waals surface area contributed by atoms with Crippen molar-refractivity contribution < 1.29 is 9.59 Å². The van der Waals surface area contributed by atoms with Gasteiger partial charge in [0.2, 0.25) is 11.8 Å². The first-order chi connectivity index (χ1) is 19.6. The van der Waals surface area contributed by atoms with Crippen LogP contribution < -0.4 is 10.2 Å². The van der Waals surface area contributed by atoms with Gasteiger partial charge in [-0.3, -0.25) is 19.6 Å². The molecule has 2 aliphatic carbocycles. The fourth-order valence-corrected chi connectivity index (χ4v) is 8.60. The van der Waals surface area contributed by atoms with Crippen LogP contribution >= 0.6 is 0 Å². The van der Waals surface area contributed by atoms with Crippen LogP contribution in [0.2, 0.25) is 0 Å². The number of amides is 2. The Kier molecular flexibility index (Phi) is 5.80. The number of anilines is 1. The highest BCUT2D eigenvalue weighted by molar-refractivity contribution is 6.06. The van der Waals surface area contributed by atoms with Crippen LogP contribution in [0, 0.1) is 5.41 Å². The van der Waals surface area contributed by atoms with Crippen LogP contribution in [-0.4, -0.2) is 51.7 Å². The molecule has 3 aromatic rings. The first-order valence-corrected chi connectivity index (χ1v) is 15.5. The second-order valence-corrected chi connectivity index (χ2v) is 13.2.